The summed E-state index contributed by atoms with van der Waals surface area (Å²) in [7, 11) is 0. The third kappa shape index (κ3) is 4.68. The van der Waals surface area contributed by atoms with Gasteiger partial charge in [0.15, 0.2) is 5.78 Å². The third-order valence-corrected chi connectivity index (χ3v) is 5.03. The molecule has 1 saturated heterocycles. The summed E-state index contributed by atoms with van der Waals surface area (Å²) in [4.78, 5) is 31.1. The minimum absolute atomic E-state index is 0.0420. The van der Waals surface area contributed by atoms with Gasteiger partial charge in [0.1, 0.15) is 30.7 Å². The topological polar surface area (TPSA) is 77.3 Å². The predicted molar refractivity (Wildman–Crippen MR) is 107 cm³/mol. The Morgan fingerprint density at radius 3 is 2.52 bits per heavy atom. The second kappa shape index (κ2) is 8.68. The van der Waals surface area contributed by atoms with Crippen molar-refractivity contribution in [3.63, 3.8) is 0 Å². The van der Waals surface area contributed by atoms with Crippen molar-refractivity contribution in [1.82, 2.24) is 19.7 Å². The normalized spacial score (nSPS) is 16.4. The molecule has 2 heterocycles. The quantitative estimate of drug-likeness (QED) is 0.604. The minimum atomic E-state index is -0.190. The number of carbonyl (C=O) groups is 2. The molecule has 1 aliphatic rings. The zero-order chi connectivity index (χ0) is 20.1. The van der Waals surface area contributed by atoms with Gasteiger partial charge < -0.3 is 9.64 Å². The van der Waals surface area contributed by atoms with Crippen LogP contribution in [0.1, 0.15) is 23.2 Å². The Balaban J connectivity index is 1.37. The van der Waals surface area contributed by atoms with E-state index in [0.29, 0.717) is 24.4 Å². The van der Waals surface area contributed by atoms with Crippen molar-refractivity contribution in [3.8, 4) is 11.5 Å². The average molecular weight is 390 g/mol. The molecule has 1 fully saturated rings. The number of benzene rings is 2. The summed E-state index contributed by atoms with van der Waals surface area (Å²) in [6.45, 7) is 1.25. The summed E-state index contributed by atoms with van der Waals surface area (Å²) in [6.07, 6.45) is 4.52. The number of piperidine rings is 1. The number of ether oxygens (including phenoxy) is 1. The lowest BCUT2D eigenvalue weighted by Gasteiger charge is -2.32. The highest BCUT2D eigenvalue weighted by Gasteiger charge is 2.29. The second-order valence-corrected chi connectivity index (χ2v) is 7.08. The van der Waals surface area contributed by atoms with E-state index in [2.05, 4.69) is 10.1 Å². The molecule has 0 radical (unpaired) electrons. The molecule has 0 spiro atoms. The fourth-order valence-corrected chi connectivity index (χ4v) is 3.52. The lowest BCUT2D eigenvalue weighted by atomic mass is 9.90. The number of ketones is 1. The van der Waals surface area contributed by atoms with Gasteiger partial charge in [-0.05, 0) is 49.2 Å². The number of aromatic nitrogens is 3. The number of hydrogen-bond donors (Lipinski definition) is 0. The lowest BCUT2D eigenvalue weighted by molar-refractivity contribution is -0.133. The Hall–Kier alpha value is -3.48. The van der Waals surface area contributed by atoms with E-state index in [1.807, 2.05) is 30.3 Å². The molecular formula is C22H22N4O3. The van der Waals surface area contributed by atoms with Crippen molar-refractivity contribution in [2.45, 2.75) is 19.4 Å². The number of hydrogen-bond acceptors (Lipinski definition) is 5. The molecule has 148 valence electrons. The van der Waals surface area contributed by atoms with E-state index in [4.69, 9.17) is 4.74 Å². The van der Waals surface area contributed by atoms with Crippen molar-refractivity contribution in [2.24, 2.45) is 5.92 Å². The first kappa shape index (κ1) is 18.9. The molecule has 0 unspecified atom stereocenters. The van der Waals surface area contributed by atoms with Gasteiger partial charge in [-0.15, -0.1) is 0 Å². The highest BCUT2D eigenvalue weighted by molar-refractivity contribution is 5.98. The van der Waals surface area contributed by atoms with E-state index in [0.717, 1.165) is 18.6 Å². The monoisotopic (exact) mass is 390 g/mol. The molecule has 3 aromatic rings. The maximum Gasteiger partial charge on any atom is 0.244 e. The molecule has 1 atom stereocenters. The van der Waals surface area contributed by atoms with Crippen LogP contribution in [0.4, 0.5) is 0 Å². The van der Waals surface area contributed by atoms with Gasteiger partial charge in [-0.1, -0.05) is 18.2 Å². The molecule has 0 saturated carbocycles. The first-order valence-corrected chi connectivity index (χ1v) is 9.66. The summed E-state index contributed by atoms with van der Waals surface area (Å²) in [5.41, 5.74) is 0.640. The minimum Gasteiger partial charge on any atom is -0.457 e. The van der Waals surface area contributed by atoms with Crippen LogP contribution in [-0.2, 0) is 11.3 Å². The first-order chi connectivity index (χ1) is 14.2. The van der Waals surface area contributed by atoms with Crippen LogP contribution in [0.15, 0.2) is 67.3 Å². The standard InChI is InChI=1S/C22H22N4O3/c27-21(14-26-16-23-15-24-26)25-12-4-5-18(13-25)22(28)17-8-10-20(11-9-17)29-19-6-2-1-3-7-19/h1-3,6-11,15-16,18H,4-5,12-14H2/t18-/m0/s1. The summed E-state index contributed by atoms with van der Waals surface area (Å²) >= 11 is 0. The van der Waals surface area contributed by atoms with Crippen molar-refractivity contribution in [2.75, 3.05) is 13.1 Å². The van der Waals surface area contributed by atoms with Crippen LogP contribution in [0.5, 0.6) is 11.5 Å². The number of Topliss-reactive ketones (excluding diaryl/α,β-unsaturated/α-hetero) is 1. The predicted octanol–water partition coefficient (Wildman–Crippen LogP) is 3.19. The van der Waals surface area contributed by atoms with Crippen LogP contribution in [0.25, 0.3) is 0 Å². The first-order valence-electron chi connectivity index (χ1n) is 9.66. The number of likely N-dealkylation sites (tertiary alicyclic amines) is 1. The van der Waals surface area contributed by atoms with E-state index in [1.165, 1.54) is 17.3 Å². The van der Waals surface area contributed by atoms with E-state index in [9.17, 15) is 9.59 Å². The fraction of sp³-hybridized carbons (Fsp3) is 0.273. The van der Waals surface area contributed by atoms with Gasteiger partial charge in [0, 0.05) is 24.6 Å². The van der Waals surface area contributed by atoms with Gasteiger partial charge in [0.25, 0.3) is 0 Å². The van der Waals surface area contributed by atoms with Crippen molar-refractivity contribution < 1.29 is 14.3 Å². The molecule has 1 amide bonds. The molecule has 0 N–H and O–H groups in total. The van der Waals surface area contributed by atoms with Crippen LogP contribution in [-0.4, -0.2) is 44.4 Å². The summed E-state index contributed by atoms with van der Waals surface area (Å²) in [5, 5.41) is 3.97. The second-order valence-electron chi connectivity index (χ2n) is 7.08. The average Bonchev–Trinajstić information content (AvgIpc) is 3.28. The molecule has 29 heavy (non-hydrogen) atoms. The Labute approximate surface area is 168 Å². The Morgan fingerprint density at radius 2 is 1.79 bits per heavy atom. The Bertz CT molecular complexity index is 955. The van der Waals surface area contributed by atoms with Crippen molar-refractivity contribution >= 4 is 11.7 Å². The number of rotatable bonds is 6. The maximum atomic E-state index is 12.9. The number of amides is 1. The number of nitrogens with zero attached hydrogens (tertiary/aromatic N) is 4. The third-order valence-electron chi connectivity index (χ3n) is 5.03. The van der Waals surface area contributed by atoms with E-state index in [-0.39, 0.29) is 24.2 Å². The summed E-state index contributed by atoms with van der Waals surface area (Å²) < 4.78 is 7.28. The van der Waals surface area contributed by atoms with Crippen molar-refractivity contribution in [3.05, 3.63) is 72.8 Å². The summed E-state index contributed by atoms with van der Waals surface area (Å²) in [5.74, 6) is 1.26. The van der Waals surface area contributed by atoms with Crippen molar-refractivity contribution in [1.29, 1.82) is 0 Å². The Kier molecular flexibility index (Phi) is 5.65. The molecule has 0 bridgehead atoms. The number of para-hydroxylation sites is 1. The van der Waals surface area contributed by atoms with Gasteiger partial charge >= 0.3 is 0 Å². The molecule has 2 aromatic carbocycles. The largest absolute Gasteiger partial charge is 0.457 e. The van der Waals surface area contributed by atoms with Gasteiger partial charge in [-0.25, -0.2) is 9.67 Å². The zero-order valence-electron chi connectivity index (χ0n) is 16.0. The molecule has 1 aromatic heterocycles. The molecular weight excluding hydrogens is 368 g/mol. The Morgan fingerprint density at radius 1 is 1.03 bits per heavy atom. The highest BCUT2D eigenvalue weighted by Crippen LogP contribution is 2.25. The van der Waals surface area contributed by atoms with Crippen LogP contribution < -0.4 is 4.74 Å². The lowest BCUT2D eigenvalue weighted by Crippen LogP contribution is -2.43. The highest BCUT2D eigenvalue weighted by atomic mass is 16.5. The van der Waals surface area contributed by atoms with E-state index >= 15 is 0 Å². The fourth-order valence-electron chi connectivity index (χ4n) is 3.52. The molecule has 0 aliphatic carbocycles. The zero-order valence-corrected chi connectivity index (χ0v) is 16.0. The van der Waals surface area contributed by atoms with Crippen LogP contribution >= 0.6 is 0 Å². The summed E-state index contributed by atoms with van der Waals surface area (Å²) in [6, 6.07) is 16.7. The van der Waals surface area contributed by atoms with Crippen LogP contribution in [0, 0.1) is 5.92 Å². The SMILES string of the molecule is O=C(c1ccc(Oc2ccccc2)cc1)[C@H]1CCCN(C(=O)Cn2cncn2)C1. The maximum absolute atomic E-state index is 12.9. The van der Waals surface area contributed by atoms with Gasteiger partial charge in [-0.2, -0.15) is 5.10 Å². The number of carbonyl (C=O) groups excluding carboxylic acids is 2. The molecule has 7 nitrogen and oxygen atoms in total. The van der Waals surface area contributed by atoms with Gasteiger partial charge in [0.05, 0.1) is 0 Å². The van der Waals surface area contributed by atoms with Crippen LogP contribution in [0.2, 0.25) is 0 Å². The van der Waals surface area contributed by atoms with E-state index < -0.39 is 0 Å². The molecule has 7 heteroatoms. The van der Waals surface area contributed by atoms with Gasteiger partial charge in [-0.3, -0.25) is 9.59 Å². The molecule has 1 aliphatic heterocycles. The van der Waals surface area contributed by atoms with Gasteiger partial charge in [0.2, 0.25) is 5.91 Å². The smallest absolute Gasteiger partial charge is 0.244 e. The molecule has 4 rings (SSSR count). The van der Waals surface area contributed by atoms with Crippen LogP contribution in [0.3, 0.4) is 0 Å². The van der Waals surface area contributed by atoms with E-state index in [1.54, 1.807) is 29.2 Å².